The minimum absolute atomic E-state index is 0.0341. The number of benzene rings is 1. The van der Waals surface area contributed by atoms with Crippen LogP contribution in [0.1, 0.15) is 23.2 Å². The SMILES string of the molecule is C=CCCC(=O)Nc1ccc(Cl)c(C(=O)O)c1. The summed E-state index contributed by atoms with van der Waals surface area (Å²) < 4.78 is 0. The van der Waals surface area contributed by atoms with Crippen LogP contribution in [0.4, 0.5) is 5.69 Å². The Bertz CT molecular complexity index is 457. The number of carbonyl (C=O) groups is 2. The maximum atomic E-state index is 11.4. The van der Waals surface area contributed by atoms with Crippen LogP contribution >= 0.6 is 11.6 Å². The van der Waals surface area contributed by atoms with Crippen LogP contribution in [0.3, 0.4) is 0 Å². The van der Waals surface area contributed by atoms with Gasteiger partial charge in [0.1, 0.15) is 0 Å². The summed E-state index contributed by atoms with van der Waals surface area (Å²) in [4.78, 5) is 22.2. The summed E-state index contributed by atoms with van der Waals surface area (Å²) in [6, 6.07) is 4.32. The highest BCUT2D eigenvalue weighted by Crippen LogP contribution is 2.20. The number of carbonyl (C=O) groups excluding carboxylic acids is 1. The third-order valence-corrected chi connectivity index (χ3v) is 2.39. The van der Waals surface area contributed by atoms with E-state index in [2.05, 4.69) is 11.9 Å². The zero-order valence-electron chi connectivity index (χ0n) is 9.07. The van der Waals surface area contributed by atoms with Gasteiger partial charge in [0.15, 0.2) is 0 Å². The number of anilines is 1. The molecule has 1 amide bonds. The fourth-order valence-corrected chi connectivity index (χ4v) is 1.42. The highest BCUT2D eigenvalue weighted by Gasteiger charge is 2.10. The second-order valence-electron chi connectivity index (χ2n) is 3.38. The molecule has 0 heterocycles. The van der Waals surface area contributed by atoms with E-state index in [0.29, 0.717) is 18.5 Å². The normalized spacial score (nSPS) is 9.71. The van der Waals surface area contributed by atoms with Gasteiger partial charge in [-0.2, -0.15) is 0 Å². The highest BCUT2D eigenvalue weighted by atomic mass is 35.5. The van der Waals surface area contributed by atoms with E-state index in [1.807, 2.05) is 0 Å². The Morgan fingerprint density at radius 3 is 2.76 bits per heavy atom. The molecule has 0 saturated heterocycles. The van der Waals surface area contributed by atoms with Gasteiger partial charge in [0.25, 0.3) is 0 Å². The molecule has 90 valence electrons. The predicted octanol–water partition coefficient (Wildman–Crippen LogP) is 2.94. The second kappa shape index (κ2) is 6.06. The summed E-state index contributed by atoms with van der Waals surface area (Å²) in [6.07, 6.45) is 2.53. The first kappa shape index (κ1) is 13.3. The molecule has 0 saturated carbocycles. The molecule has 0 unspecified atom stereocenters. The smallest absolute Gasteiger partial charge is 0.337 e. The zero-order valence-corrected chi connectivity index (χ0v) is 9.83. The number of rotatable bonds is 5. The molecule has 0 spiro atoms. The van der Waals surface area contributed by atoms with Gasteiger partial charge in [0.05, 0.1) is 10.6 Å². The number of halogens is 1. The molecule has 0 bridgehead atoms. The van der Waals surface area contributed by atoms with Crippen molar-refractivity contribution in [1.29, 1.82) is 0 Å². The van der Waals surface area contributed by atoms with Crippen LogP contribution in [0.5, 0.6) is 0 Å². The van der Waals surface area contributed by atoms with E-state index < -0.39 is 5.97 Å². The monoisotopic (exact) mass is 253 g/mol. The van der Waals surface area contributed by atoms with Crippen molar-refractivity contribution in [3.05, 3.63) is 41.4 Å². The van der Waals surface area contributed by atoms with Crippen molar-refractivity contribution in [1.82, 2.24) is 0 Å². The number of nitrogens with one attached hydrogen (secondary N) is 1. The largest absolute Gasteiger partial charge is 0.478 e. The van der Waals surface area contributed by atoms with Gasteiger partial charge < -0.3 is 10.4 Å². The van der Waals surface area contributed by atoms with Crippen LogP contribution in [0, 0.1) is 0 Å². The molecule has 0 radical (unpaired) electrons. The van der Waals surface area contributed by atoms with Gasteiger partial charge >= 0.3 is 5.97 Å². The van der Waals surface area contributed by atoms with Crippen LogP contribution in [0.25, 0.3) is 0 Å². The summed E-state index contributed by atoms with van der Waals surface area (Å²) in [7, 11) is 0. The van der Waals surface area contributed by atoms with Crippen molar-refractivity contribution >= 4 is 29.2 Å². The first-order valence-electron chi connectivity index (χ1n) is 4.98. The quantitative estimate of drug-likeness (QED) is 0.793. The Morgan fingerprint density at radius 2 is 2.18 bits per heavy atom. The van der Waals surface area contributed by atoms with Crippen molar-refractivity contribution in [2.45, 2.75) is 12.8 Å². The van der Waals surface area contributed by atoms with Crippen LogP contribution < -0.4 is 5.32 Å². The lowest BCUT2D eigenvalue weighted by atomic mass is 10.2. The fraction of sp³-hybridized carbons (Fsp3) is 0.167. The molecule has 0 aliphatic carbocycles. The summed E-state index contributed by atoms with van der Waals surface area (Å²) in [5, 5.41) is 11.6. The minimum Gasteiger partial charge on any atom is -0.478 e. The topological polar surface area (TPSA) is 66.4 Å². The standard InChI is InChI=1S/C12H12ClNO3/c1-2-3-4-11(15)14-8-5-6-10(13)9(7-8)12(16)17/h2,5-7H,1,3-4H2,(H,14,15)(H,16,17). The zero-order chi connectivity index (χ0) is 12.8. The fourth-order valence-electron chi connectivity index (χ4n) is 1.22. The average molecular weight is 254 g/mol. The van der Waals surface area contributed by atoms with Gasteiger partial charge in [0, 0.05) is 12.1 Å². The number of carboxylic acids is 1. The van der Waals surface area contributed by atoms with E-state index in [9.17, 15) is 9.59 Å². The van der Waals surface area contributed by atoms with Crippen molar-refractivity contribution in [3.8, 4) is 0 Å². The third kappa shape index (κ3) is 3.92. The molecule has 4 nitrogen and oxygen atoms in total. The number of carboxylic acid groups (broad SMARTS) is 1. The van der Waals surface area contributed by atoms with Crippen LogP contribution in [0.2, 0.25) is 5.02 Å². The van der Waals surface area contributed by atoms with E-state index in [4.69, 9.17) is 16.7 Å². The molecule has 0 atom stereocenters. The molecule has 0 aliphatic heterocycles. The highest BCUT2D eigenvalue weighted by molar-refractivity contribution is 6.33. The van der Waals surface area contributed by atoms with E-state index in [0.717, 1.165) is 0 Å². The van der Waals surface area contributed by atoms with Gasteiger partial charge in [-0.05, 0) is 24.6 Å². The summed E-state index contributed by atoms with van der Waals surface area (Å²) in [5.74, 6) is -1.32. The van der Waals surface area contributed by atoms with E-state index in [1.54, 1.807) is 12.1 Å². The third-order valence-electron chi connectivity index (χ3n) is 2.06. The molecule has 17 heavy (non-hydrogen) atoms. The van der Waals surface area contributed by atoms with Gasteiger partial charge in [-0.1, -0.05) is 17.7 Å². The molecule has 2 N–H and O–H groups in total. The lowest BCUT2D eigenvalue weighted by molar-refractivity contribution is -0.116. The van der Waals surface area contributed by atoms with Gasteiger partial charge in [-0.3, -0.25) is 4.79 Å². The Hall–Kier alpha value is -1.81. The molecule has 1 aromatic rings. The Balaban J connectivity index is 2.79. The number of allylic oxidation sites excluding steroid dienone is 1. The first-order chi connectivity index (χ1) is 8.04. The minimum atomic E-state index is -1.13. The number of amides is 1. The average Bonchev–Trinajstić information content (AvgIpc) is 2.28. The Morgan fingerprint density at radius 1 is 1.47 bits per heavy atom. The van der Waals surface area contributed by atoms with Gasteiger partial charge in [-0.25, -0.2) is 4.79 Å². The van der Waals surface area contributed by atoms with Crippen molar-refractivity contribution in [3.63, 3.8) is 0 Å². The van der Waals surface area contributed by atoms with E-state index in [-0.39, 0.29) is 16.5 Å². The lowest BCUT2D eigenvalue weighted by Gasteiger charge is -2.06. The van der Waals surface area contributed by atoms with E-state index >= 15 is 0 Å². The number of aromatic carboxylic acids is 1. The summed E-state index contributed by atoms with van der Waals surface area (Å²) >= 11 is 5.70. The Labute approximate surface area is 104 Å². The van der Waals surface area contributed by atoms with Crippen molar-refractivity contribution < 1.29 is 14.7 Å². The summed E-state index contributed by atoms with van der Waals surface area (Å²) in [5.41, 5.74) is 0.383. The van der Waals surface area contributed by atoms with Gasteiger partial charge in [0.2, 0.25) is 5.91 Å². The maximum Gasteiger partial charge on any atom is 0.337 e. The number of hydrogen-bond acceptors (Lipinski definition) is 2. The molecule has 5 heteroatoms. The first-order valence-corrected chi connectivity index (χ1v) is 5.36. The molecule has 0 aliphatic rings. The van der Waals surface area contributed by atoms with Crippen molar-refractivity contribution in [2.24, 2.45) is 0 Å². The summed E-state index contributed by atoms with van der Waals surface area (Å²) in [6.45, 7) is 3.51. The molecule has 0 aromatic heterocycles. The second-order valence-corrected chi connectivity index (χ2v) is 3.78. The maximum absolute atomic E-state index is 11.4. The van der Waals surface area contributed by atoms with Crippen LogP contribution in [0.15, 0.2) is 30.9 Å². The van der Waals surface area contributed by atoms with Gasteiger partial charge in [-0.15, -0.1) is 6.58 Å². The number of hydrogen-bond donors (Lipinski definition) is 2. The molecule has 1 rings (SSSR count). The van der Waals surface area contributed by atoms with E-state index in [1.165, 1.54) is 12.1 Å². The van der Waals surface area contributed by atoms with Crippen molar-refractivity contribution in [2.75, 3.05) is 5.32 Å². The molecule has 1 aromatic carbocycles. The predicted molar refractivity (Wildman–Crippen MR) is 66.5 cm³/mol. The van der Waals surface area contributed by atoms with Crippen LogP contribution in [-0.4, -0.2) is 17.0 Å². The molecular weight excluding hydrogens is 242 g/mol. The lowest BCUT2D eigenvalue weighted by Crippen LogP contribution is -2.11. The Kier molecular flexibility index (Phi) is 4.72. The molecular formula is C12H12ClNO3. The van der Waals surface area contributed by atoms with Crippen LogP contribution in [-0.2, 0) is 4.79 Å². The molecule has 0 fully saturated rings.